The van der Waals surface area contributed by atoms with Gasteiger partial charge in [0.25, 0.3) is 11.6 Å². The Bertz CT molecular complexity index is 813. The Kier molecular flexibility index (Phi) is 4.71. The number of carbonyl (C=O) groups excluding carboxylic acids is 1. The van der Waals surface area contributed by atoms with E-state index in [4.69, 9.17) is 0 Å². The van der Waals surface area contributed by atoms with Crippen molar-refractivity contribution >= 4 is 29.1 Å². The largest absolute Gasteiger partial charge is 0.281 e. The van der Waals surface area contributed by atoms with Crippen molar-refractivity contribution in [1.82, 2.24) is 5.43 Å². The molecule has 124 valence electrons. The van der Waals surface area contributed by atoms with E-state index in [9.17, 15) is 14.9 Å². The molecule has 1 aromatic carbocycles. The topological polar surface area (TPSA) is 84.6 Å². The molecule has 0 saturated carbocycles. The van der Waals surface area contributed by atoms with Gasteiger partial charge in [-0.05, 0) is 36.8 Å². The van der Waals surface area contributed by atoms with Crippen LogP contribution in [0.2, 0.25) is 0 Å². The number of amides is 1. The second-order valence-corrected chi connectivity index (χ2v) is 7.10. The molecule has 0 unspecified atom stereocenters. The molecule has 3 rings (SSSR count). The molecule has 1 heterocycles. The zero-order valence-electron chi connectivity index (χ0n) is 13.2. The van der Waals surface area contributed by atoms with Crippen molar-refractivity contribution in [3.63, 3.8) is 0 Å². The summed E-state index contributed by atoms with van der Waals surface area (Å²) in [6, 6.07) is 8.03. The Morgan fingerprint density at radius 2 is 2.29 bits per heavy atom. The molecule has 1 amide bonds. The van der Waals surface area contributed by atoms with E-state index in [0.29, 0.717) is 16.4 Å². The van der Waals surface area contributed by atoms with E-state index in [1.807, 2.05) is 6.07 Å². The molecule has 1 aliphatic rings. The van der Waals surface area contributed by atoms with Crippen LogP contribution in [0.1, 0.15) is 39.0 Å². The van der Waals surface area contributed by atoms with Gasteiger partial charge in [0, 0.05) is 22.6 Å². The highest BCUT2D eigenvalue weighted by atomic mass is 32.1. The van der Waals surface area contributed by atoms with Crippen molar-refractivity contribution in [2.45, 2.75) is 26.2 Å². The molecule has 7 heteroatoms. The van der Waals surface area contributed by atoms with Crippen LogP contribution in [0.3, 0.4) is 0 Å². The van der Waals surface area contributed by atoms with Crippen LogP contribution in [0.15, 0.2) is 35.4 Å². The highest BCUT2D eigenvalue weighted by Gasteiger charge is 2.20. The van der Waals surface area contributed by atoms with Crippen molar-refractivity contribution in [3.8, 4) is 0 Å². The van der Waals surface area contributed by atoms with E-state index < -0.39 is 4.92 Å². The number of nitro benzene ring substituents is 1. The number of thiophene rings is 1. The van der Waals surface area contributed by atoms with Crippen molar-refractivity contribution in [2.24, 2.45) is 11.0 Å². The first-order chi connectivity index (χ1) is 11.5. The average molecular weight is 343 g/mol. The lowest BCUT2D eigenvalue weighted by Crippen LogP contribution is -2.16. The second-order valence-electron chi connectivity index (χ2n) is 5.96. The summed E-state index contributed by atoms with van der Waals surface area (Å²) in [5, 5.41) is 14.6. The number of nitro groups is 1. The van der Waals surface area contributed by atoms with Gasteiger partial charge in [-0.15, -0.1) is 11.3 Å². The molecule has 0 saturated heterocycles. The Labute approximate surface area is 143 Å². The third-order valence-corrected chi connectivity index (χ3v) is 5.25. The summed E-state index contributed by atoms with van der Waals surface area (Å²) in [6.45, 7) is 2.23. The number of benzene rings is 1. The molecule has 6 nitrogen and oxygen atoms in total. The number of carbonyl (C=O) groups is 1. The summed E-state index contributed by atoms with van der Waals surface area (Å²) < 4.78 is 0. The summed E-state index contributed by atoms with van der Waals surface area (Å²) in [7, 11) is 0. The summed E-state index contributed by atoms with van der Waals surface area (Å²) in [4.78, 5) is 24.4. The van der Waals surface area contributed by atoms with Crippen molar-refractivity contribution in [3.05, 3.63) is 61.3 Å². The first kappa shape index (κ1) is 16.3. The van der Waals surface area contributed by atoms with Crippen LogP contribution in [0.25, 0.3) is 0 Å². The SMILES string of the molecule is C[C@@H]1CCc2sc(C(=O)N/N=C\c3cccc([N+](=O)[O-])c3)cc2C1. The predicted molar refractivity (Wildman–Crippen MR) is 93.7 cm³/mol. The standard InChI is InChI=1S/C17H17N3O3S/c1-11-5-6-15-13(7-11)9-16(24-15)17(21)19-18-10-12-3-2-4-14(8-12)20(22)23/h2-4,8-11H,5-7H2,1H3,(H,19,21)/b18-10-/t11-/m1/s1. The Hall–Kier alpha value is -2.54. The molecule has 24 heavy (non-hydrogen) atoms. The quantitative estimate of drug-likeness (QED) is 0.523. The minimum absolute atomic E-state index is 0.00896. The maximum Gasteiger partial charge on any atom is 0.281 e. The van der Waals surface area contributed by atoms with Crippen LogP contribution in [-0.4, -0.2) is 17.0 Å². The molecule has 1 aliphatic carbocycles. The average Bonchev–Trinajstić information content (AvgIpc) is 2.98. The molecule has 0 spiro atoms. The van der Waals surface area contributed by atoms with Crippen molar-refractivity contribution in [1.29, 1.82) is 0 Å². The lowest BCUT2D eigenvalue weighted by atomic mass is 9.90. The Morgan fingerprint density at radius 1 is 1.46 bits per heavy atom. The zero-order chi connectivity index (χ0) is 17.1. The minimum atomic E-state index is -0.465. The van der Waals surface area contributed by atoms with Gasteiger partial charge in [0.15, 0.2) is 0 Å². The van der Waals surface area contributed by atoms with Gasteiger partial charge in [-0.2, -0.15) is 5.10 Å². The van der Waals surface area contributed by atoms with E-state index in [-0.39, 0.29) is 11.6 Å². The van der Waals surface area contributed by atoms with Gasteiger partial charge < -0.3 is 0 Å². The van der Waals surface area contributed by atoms with E-state index in [1.165, 1.54) is 46.5 Å². The lowest BCUT2D eigenvalue weighted by Gasteiger charge is -2.16. The van der Waals surface area contributed by atoms with Crippen molar-refractivity contribution < 1.29 is 9.72 Å². The summed E-state index contributed by atoms with van der Waals surface area (Å²) in [6.07, 6.45) is 4.63. The molecular weight excluding hydrogens is 326 g/mol. The Morgan fingerprint density at radius 3 is 3.08 bits per heavy atom. The molecular formula is C17H17N3O3S. The summed E-state index contributed by atoms with van der Waals surface area (Å²) in [5.74, 6) is 0.415. The Balaban J connectivity index is 1.65. The minimum Gasteiger partial charge on any atom is -0.266 e. The third kappa shape index (κ3) is 3.68. The van der Waals surface area contributed by atoms with E-state index in [1.54, 1.807) is 12.1 Å². The fraction of sp³-hybridized carbons (Fsp3) is 0.294. The third-order valence-electron chi connectivity index (χ3n) is 4.01. The first-order valence-electron chi connectivity index (χ1n) is 7.72. The number of non-ortho nitro benzene ring substituents is 1. The fourth-order valence-electron chi connectivity index (χ4n) is 2.76. The van der Waals surface area contributed by atoms with E-state index in [0.717, 1.165) is 12.8 Å². The van der Waals surface area contributed by atoms with Crippen LogP contribution in [0, 0.1) is 16.0 Å². The van der Waals surface area contributed by atoms with Gasteiger partial charge in [-0.1, -0.05) is 19.1 Å². The second kappa shape index (κ2) is 6.92. The monoisotopic (exact) mass is 343 g/mol. The number of rotatable bonds is 4. The van der Waals surface area contributed by atoms with Crippen LogP contribution in [0.5, 0.6) is 0 Å². The van der Waals surface area contributed by atoms with Crippen LogP contribution in [0.4, 0.5) is 5.69 Å². The number of nitrogens with zero attached hydrogens (tertiary/aromatic N) is 2. The first-order valence-corrected chi connectivity index (χ1v) is 8.54. The summed E-state index contributed by atoms with van der Waals surface area (Å²) in [5.41, 5.74) is 4.31. The number of aryl methyl sites for hydroxylation is 1. The van der Waals surface area contributed by atoms with Gasteiger partial charge >= 0.3 is 0 Å². The molecule has 1 N–H and O–H groups in total. The van der Waals surface area contributed by atoms with E-state index >= 15 is 0 Å². The highest BCUT2D eigenvalue weighted by Crippen LogP contribution is 2.32. The molecule has 0 fully saturated rings. The van der Waals surface area contributed by atoms with Gasteiger partial charge in [0.2, 0.25) is 0 Å². The number of fused-ring (bicyclic) bond motifs is 1. The number of hydrogen-bond acceptors (Lipinski definition) is 5. The van der Waals surface area contributed by atoms with Gasteiger partial charge in [-0.25, -0.2) is 5.43 Å². The molecule has 1 atom stereocenters. The molecule has 0 radical (unpaired) electrons. The maximum absolute atomic E-state index is 12.2. The number of hydrazone groups is 1. The van der Waals surface area contributed by atoms with Gasteiger partial charge in [-0.3, -0.25) is 14.9 Å². The molecule has 2 aromatic rings. The highest BCUT2D eigenvalue weighted by molar-refractivity contribution is 7.14. The molecule has 0 aliphatic heterocycles. The smallest absolute Gasteiger partial charge is 0.266 e. The van der Waals surface area contributed by atoms with E-state index in [2.05, 4.69) is 17.5 Å². The number of hydrogen-bond donors (Lipinski definition) is 1. The lowest BCUT2D eigenvalue weighted by molar-refractivity contribution is -0.384. The summed E-state index contributed by atoms with van der Waals surface area (Å²) >= 11 is 1.52. The van der Waals surface area contributed by atoms with Gasteiger partial charge in [0.05, 0.1) is 16.0 Å². The van der Waals surface area contributed by atoms with Crippen LogP contribution >= 0.6 is 11.3 Å². The van der Waals surface area contributed by atoms with Gasteiger partial charge in [0.1, 0.15) is 0 Å². The zero-order valence-corrected chi connectivity index (χ0v) is 14.0. The number of nitrogens with one attached hydrogen (secondary N) is 1. The maximum atomic E-state index is 12.2. The molecule has 0 bridgehead atoms. The van der Waals surface area contributed by atoms with Crippen molar-refractivity contribution in [2.75, 3.05) is 0 Å². The predicted octanol–water partition coefficient (Wildman–Crippen LogP) is 3.55. The van der Waals surface area contributed by atoms with Crippen LogP contribution < -0.4 is 5.43 Å². The molecule has 1 aromatic heterocycles. The normalized spacial score (nSPS) is 16.8. The fourth-order valence-corrected chi connectivity index (χ4v) is 3.86. The van der Waals surface area contributed by atoms with Crippen LogP contribution in [-0.2, 0) is 12.8 Å².